The van der Waals surface area contributed by atoms with E-state index in [9.17, 15) is 13.6 Å². The van der Waals surface area contributed by atoms with E-state index in [1.807, 2.05) is 42.8 Å². The first-order chi connectivity index (χ1) is 12.4. The molecule has 3 rings (SSSR count). The maximum absolute atomic E-state index is 12.5. The summed E-state index contributed by atoms with van der Waals surface area (Å²) in [6.07, 6.45) is 0.807. The predicted octanol–water partition coefficient (Wildman–Crippen LogP) is 4.01. The third-order valence-electron chi connectivity index (χ3n) is 3.44. The van der Waals surface area contributed by atoms with Crippen molar-refractivity contribution >= 4 is 34.1 Å². The number of aryl methyl sites for hydroxylation is 2. The Labute approximate surface area is 156 Å². The summed E-state index contributed by atoms with van der Waals surface area (Å²) in [4.78, 5) is 16.3. The molecule has 0 bridgehead atoms. The van der Waals surface area contributed by atoms with E-state index in [-0.39, 0.29) is 16.8 Å². The van der Waals surface area contributed by atoms with Crippen LogP contribution < -0.4 is 5.32 Å². The number of amides is 1. The molecule has 0 fully saturated rings. The molecule has 1 N–H and O–H groups in total. The number of aromatic nitrogens is 4. The quantitative estimate of drug-likeness (QED) is 0.639. The Balaban J connectivity index is 1.66. The van der Waals surface area contributed by atoms with E-state index in [0.29, 0.717) is 16.5 Å². The largest absolute Gasteiger partial charge is 0.300 e. The zero-order valence-corrected chi connectivity index (χ0v) is 15.6. The number of hydrogen-bond donors (Lipinski definition) is 1. The molecule has 2 aromatic heterocycles. The van der Waals surface area contributed by atoms with Gasteiger partial charge in [-0.2, -0.15) is 0 Å². The number of rotatable bonds is 6. The van der Waals surface area contributed by atoms with Gasteiger partial charge in [-0.1, -0.05) is 35.2 Å². The Morgan fingerprint density at radius 2 is 2.15 bits per heavy atom. The Hall–Kier alpha value is -2.33. The average Bonchev–Trinajstić information content (AvgIpc) is 3.24. The molecular weight excluding hydrogens is 380 g/mol. The normalized spacial score (nSPS) is 11.1. The molecular formula is C16H15F2N5OS2. The molecule has 26 heavy (non-hydrogen) atoms. The Kier molecular flexibility index (Phi) is 5.62. The molecule has 0 unspecified atom stereocenters. The molecule has 1 amide bonds. The number of thioether (sulfide) groups is 1. The number of carbonyl (C=O) groups excluding carboxylic acids is 1. The van der Waals surface area contributed by atoms with Crippen molar-refractivity contribution in [1.82, 2.24) is 19.7 Å². The molecule has 3 aromatic rings. The molecule has 0 atom stereocenters. The van der Waals surface area contributed by atoms with Crippen molar-refractivity contribution in [2.24, 2.45) is 0 Å². The van der Waals surface area contributed by atoms with E-state index in [1.165, 1.54) is 11.8 Å². The first kappa shape index (κ1) is 18.5. The van der Waals surface area contributed by atoms with E-state index in [4.69, 9.17) is 0 Å². The number of carbonyl (C=O) groups is 1. The zero-order chi connectivity index (χ0) is 18.7. The molecule has 0 aliphatic rings. The molecule has 0 spiro atoms. The first-order valence-corrected chi connectivity index (χ1v) is 9.39. The maximum atomic E-state index is 12.5. The average molecular weight is 395 g/mol. The molecule has 0 saturated heterocycles. The van der Waals surface area contributed by atoms with Crippen LogP contribution in [0.2, 0.25) is 0 Å². The second-order valence-electron chi connectivity index (χ2n) is 5.45. The van der Waals surface area contributed by atoms with Crippen molar-refractivity contribution in [2.45, 2.75) is 25.4 Å². The smallest absolute Gasteiger partial charge is 0.291 e. The van der Waals surface area contributed by atoms with Gasteiger partial charge in [0.25, 0.3) is 6.43 Å². The molecule has 1 aromatic carbocycles. The molecule has 0 saturated carbocycles. The van der Waals surface area contributed by atoms with Crippen LogP contribution in [0.15, 0.2) is 35.7 Å². The number of anilines is 1. The van der Waals surface area contributed by atoms with Crippen LogP contribution in [0, 0.1) is 13.8 Å². The van der Waals surface area contributed by atoms with Crippen LogP contribution in [-0.4, -0.2) is 31.4 Å². The van der Waals surface area contributed by atoms with E-state index in [1.54, 1.807) is 6.20 Å². The number of nitrogens with zero attached hydrogens (tertiary/aromatic N) is 4. The first-order valence-electron chi connectivity index (χ1n) is 7.59. The van der Waals surface area contributed by atoms with Crippen molar-refractivity contribution in [1.29, 1.82) is 0 Å². The minimum Gasteiger partial charge on any atom is -0.300 e. The number of benzene rings is 1. The second-order valence-corrected chi connectivity index (χ2v) is 7.40. The summed E-state index contributed by atoms with van der Waals surface area (Å²) in [7, 11) is 0. The molecule has 0 radical (unpaired) electrons. The van der Waals surface area contributed by atoms with Crippen molar-refractivity contribution in [3.05, 3.63) is 46.7 Å². The number of imidazole rings is 1. The molecule has 136 valence electrons. The molecule has 0 aliphatic carbocycles. The van der Waals surface area contributed by atoms with Crippen LogP contribution in [0.4, 0.5) is 13.9 Å². The summed E-state index contributed by atoms with van der Waals surface area (Å²) in [5, 5.41) is 9.65. The van der Waals surface area contributed by atoms with Crippen molar-refractivity contribution < 1.29 is 13.6 Å². The highest BCUT2D eigenvalue weighted by Crippen LogP contribution is 2.26. The SMILES string of the molecule is Cc1ccc(C)c(-n2ccnc2SCC(=O)Nc2nnc(C(F)F)s2)c1. The van der Waals surface area contributed by atoms with Gasteiger partial charge in [-0.25, -0.2) is 13.8 Å². The minimum absolute atomic E-state index is 0.0590. The second kappa shape index (κ2) is 7.92. The predicted molar refractivity (Wildman–Crippen MR) is 97.3 cm³/mol. The van der Waals surface area contributed by atoms with Gasteiger partial charge in [0.05, 0.1) is 11.4 Å². The number of nitrogens with one attached hydrogen (secondary N) is 1. The lowest BCUT2D eigenvalue weighted by molar-refractivity contribution is -0.113. The highest BCUT2D eigenvalue weighted by atomic mass is 32.2. The van der Waals surface area contributed by atoms with Gasteiger partial charge in [-0.3, -0.25) is 14.7 Å². The molecule has 10 heteroatoms. The lowest BCUT2D eigenvalue weighted by Crippen LogP contribution is -2.14. The monoisotopic (exact) mass is 395 g/mol. The van der Waals surface area contributed by atoms with Gasteiger partial charge in [-0.15, -0.1) is 10.2 Å². The van der Waals surface area contributed by atoms with Gasteiger partial charge < -0.3 is 0 Å². The molecule has 2 heterocycles. The summed E-state index contributed by atoms with van der Waals surface area (Å²) in [6.45, 7) is 4.02. The standard InChI is InChI=1S/C16H15F2N5OS2/c1-9-3-4-10(2)11(7-9)23-6-5-19-16(23)25-8-12(24)20-15-22-21-14(26-15)13(17)18/h3-7,13H,8H2,1-2H3,(H,20,22,24). The third-order valence-corrected chi connectivity index (χ3v) is 5.25. The van der Waals surface area contributed by atoms with Gasteiger partial charge in [0.1, 0.15) is 0 Å². The van der Waals surface area contributed by atoms with Crippen molar-refractivity contribution in [2.75, 3.05) is 11.1 Å². The van der Waals surface area contributed by atoms with Gasteiger partial charge in [0, 0.05) is 12.4 Å². The van der Waals surface area contributed by atoms with Crippen LogP contribution in [0.5, 0.6) is 0 Å². The van der Waals surface area contributed by atoms with E-state index in [0.717, 1.165) is 16.8 Å². The Morgan fingerprint density at radius 1 is 1.35 bits per heavy atom. The summed E-state index contributed by atoms with van der Waals surface area (Å²) in [5.41, 5.74) is 3.21. The Morgan fingerprint density at radius 3 is 2.88 bits per heavy atom. The van der Waals surface area contributed by atoms with Gasteiger partial charge in [0.15, 0.2) is 10.2 Å². The summed E-state index contributed by atoms with van der Waals surface area (Å²) >= 11 is 1.91. The summed E-state index contributed by atoms with van der Waals surface area (Å²) < 4.78 is 26.9. The third kappa shape index (κ3) is 4.25. The fraction of sp³-hybridized carbons (Fsp3) is 0.250. The van der Waals surface area contributed by atoms with Crippen molar-refractivity contribution in [3.63, 3.8) is 0 Å². The van der Waals surface area contributed by atoms with Crippen molar-refractivity contribution in [3.8, 4) is 5.69 Å². The van der Waals surface area contributed by atoms with Crippen LogP contribution in [0.25, 0.3) is 5.69 Å². The minimum atomic E-state index is -2.70. The summed E-state index contributed by atoms with van der Waals surface area (Å²) in [5.74, 6) is -0.284. The molecule has 6 nitrogen and oxygen atoms in total. The van der Waals surface area contributed by atoms with Gasteiger partial charge >= 0.3 is 0 Å². The fourth-order valence-electron chi connectivity index (χ4n) is 2.22. The topological polar surface area (TPSA) is 72.7 Å². The van der Waals surface area contributed by atoms with Crippen LogP contribution in [0.3, 0.4) is 0 Å². The van der Waals surface area contributed by atoms with Crippen LogP contribution >= 0.6 is 23.1 Å². The highest BCUT2D eigenvalue weighted by molar-refractivity contribution is 7.99. The fourth-order valence-corrected chi connectivity index (χ4v) is 3.60. The molecule has 0 aliphatic heterocycles. The zero-order valence-electron chi connectivity index (χ0n) is 13.9. The van der Waals surface area contributed by atoms with Crippen LogP contribution in [-0.2, 0) is 4.79 Å². The maximum Gasteiger partial charge on any atom is 0.291 e. The van der Waals surface area contributed by atoms with E-state index >= 15 is 0 Å². The van der Waals surface area contributed by atoms with Gasteiger partial charge in [-0.05, 0) is 31.0 Å². The Bertz CT molecular complexity index is 925. The summed E-state index contributed by atoms with van der Waals surface area (Å²) in [6, 6.07) is 6.11. The lowest BCUT2D eigenvalue weighted by Gasteiger charge is -2.11. The van der Waals surface area contributed by atoms with Crippen LogP contribution in [0.1, 0.15) is 22.6 Å². The number of hydrogen-bond acceptors (Lipinski definition) is 6. The van der Waals surface area contributed by atoms with E-state index < -0.39 is 11.4 Å². The number of halogens is 2. The van der Waals surface area contributed by atoms with Gasteiger partial charge in [0.2, 0.25) is 11.0 Å². The highest BCUT2D eigenvalue weighted by Gasteiger charge is 2.16. The lowest BCUT2D eigenvalue weighted by atomic mass is 10.1. The van der Waals surface area contributed by atoms with E-state index in [2.05, 4.69) is 20.5 Å². The number of alkyl halides is 2.